The molecule has 0 N–H and O–H groups in total. The van der Waals surface area contributed by atoms with Crippen LogP contribution in [0.4, 0.5) is 0 Å². The molecule has 2 heteroatoms. The SMILES string of the molecule is C=[C-]C[Si](C)C.[Y]. The Hall–Kier alpha value is 1.06. The Morgan fingerprint density at radius 1 is 1.57 bits per heavy atom. The van der Waals surface area contributed by atoms with E-state index in [1.165, 1.54) is 0 Å². The molecule has 0 aromatic carbocycles. The molecule has 7 heavy (non-hydrogen) atoms. The van der Waals surface area contributed by atoms with Crippen molar-refractivity contribution < 1.29 is 32.7 Å². The maximum absolute atomic E-state index is 3.50. The van der Waals surface area contributed by atoms with E-state index in [2.05, 4.69) is 25.7 Å². The third-order valence-electron chi connectivity index (χ3n) is 0.479. The van der Waals surface area contributed by atoms with Crippen molar-refractivity contribution in [2.45, 2.75) is 19.1 Å². The Kier molecular flexibility index (Phi) is 11.0. The first-order valence-electron chi connectivity index (χ1n) is 2.06. The molecule has 0 unspecified atom stereocenters. The van der Waals surface area contributed by atoms with Gasteiger partial charge in [0.1, 0.15) is 0 Å². The second kappa shape index (κ2) is 7.06. The van der Waals surface area contributed by atoms with Gasteiger partial charge in [0.05, 0.1) is 0 Å². The third-order valence-corrected chi connectivity index (χ3v) is 1.44. The average molecular weight is 187 g/mol. The van der Waals surface area contributed by atoms with Crippen LogP contribution in [0.3, 0.4) is 0 Å². The molecular formula is C5H10SiY-. The van der Waals surface area contributed by atoms with Crippen LogP contribution in [0.15, 0.2) is 6.58 Å². The van der Waals surface area contributed by atoms with E-state index < -0.39 is 0 Å². The Bertz CT molecular complexity index is 43.3. The first-order valence-corrected chi connectivity index (χ1v) is 4.77. The molecule has 0 saturated carbocycles. The molecule has 0 amide bonds. The summed E-state index contributed by atoms with van der Waals surface area (Å²) in [7, 11) is -0.0592. The van der Waals surface area contributed by atoms with Gasteiger partial charge in [-0.15, -0.1) is 0 Å². The summed E-state index contributed by atoms with van der Waals surface area (Å²) in [6, 6.07) is 1.12. The minimum atomic E-state index is -0.0592. The molecule has 0 saturated heterocycles. The molecule has 0 nitrogen and oxygen atoms in total. The van der Waals surface area contributed by atoms with Crippen LogP contribution < -0.4 is 0 Å². The summed E-state index contributed by atoms with van der Waals surface area (Å²) in [6.07, 6.45) is 2.86. The smallest absolute Gasteiger partial charge is 0.0107 e. The summed E-state index contributed by atoms with van der Waals surface area (Å²) in [5.41, 5.74) is 0. The zero-order valence-corrected chi connectivity index (χ0v) is 8.83. The minimum absolute atomic E-state index is 0. The van der Waals surface area contributed by atoms with E-state index in [0.29, 0.717) is 0 Å². The molecule has 0 atom stereocenters. The molecule has 0 aliphatic carbocycles. The quantitative estimate of drug-likeness (QED) is 0.456. The maximum Gasteiger partial charge on any atom is 0.0107 e. The molecule has 0 aromatic heterocycles. The molecular weight excluding hydrogens is 177 g/mol. The van der Waals surface area contributed by atoms with Crippen molar-refractivity contribution in [3.63, 3.8) is 0 Å². The van der Waals surface area contributed by atoms with Gasteiger partial charge in [-0.3, -0.25) is 6.58 Å². The summed E-state index contributed by atoms with van der Waals surface area (Å²) >= 11 is 0. The summed E-state index contributed by atoms with van der Waals surface area (Å²) in [6.45, 7) is 8.01. The van der Waals surface area contributed by atoms with E-state index >= 15 is 0 Å². The van der Waals surface area contributed by atoms with Crippen molar-refractivity contribution >= 4 is 8.80 Å². The first kappa shape index (κ1) is 10.9. The van der Waals surface area contributed by atoms with Gasteiger partial charge in [-0.1, -0.05) is 13.1 Å². The Morgan fingerprint density at radius 2 is 2.00 bits per heavy atom. The minimum Gasteiger partial charge on any atom is -0.507 e. The van der Waals surface area contributed by atoms with Crippen molar-refractivity contribution in [1.82, 2.24) is 0 Å². The summed E-state index contributed by atoms with van der Waals surface area (Å²) in [4.78, 5) is 0. The number of hydrogen-bond acceptors (Lipinski definition) is 0. The van der Waals surface area contributed by atoms with Gasteiger partial charge < -0.3 is 6.08 Å². The summed E-state index contributed by atoms with van der Waals surface area (Å²) < 4.78 is 0. The van der Waals surface area contributed by atoms with Crippen LogP contribution in [0.5, 0.6) is 0 Å². The van der Waals surface area contributed by atoms with Gasteiger partial charge in [0.25, 0.3) is 0 Å². The summed E-state index contributed by atoms with van der Waals surface area (Å²) in [5.74, 6) is 0. The second-order valence-electron chi connectivity index (χ2n) is 1.63. The van der Waals surface area contributed by atoms with E-state index in [4.69, 9.17) is 0 Å². The van der Waals surface area contributed by atoms with Crippen molar-refractivity contribution in [2.75, 3.05) is 0 Å². The Labute approximate surface area is 72.9 Å². The Balaban J connectivity index is 0. The fourth-order valence-corrected chi connectivity index (χ4v) is 0.750. The third kappa shape index (κ3) is 11.0. The average Bonchev–Trinajstić information content (AvgIpc) is 1.35. The van der Waals surface area contributed by atoms with E-state index in [1.807, 2.05) is 0 Å². The van der Waals surface area contributed by atoms with E-state index in [1.54, 1.807) is 0 Å². The molecule has 2 radical (unpaired) electrons. The standard InChI is InChI=1S/C5H10Si.Y/c1-4-5-6(2)3;/h1,5H2,2-3H3;/q-1;. The molecule has 0 bridgehead atoms. The first-order chi connectivity index (χ1) is 2.77. The van der Waals surface area contributed by atoms with Gasteiger partial charge in [-0.2, -0.15) is 6.04 Å². The predicted octanol–water partition coefficient (Wildman–Crippen LogP) is 1.73. The topological polar surface area (TPSA) is 0 Å². The molecule has 38 valence electrons. The van der Waals surface area contributed by atoms with Gasteiger partial charge >= 0.3 is 0 Å². The van der Waals surface area contributed by atoms with E-state index in [9.17, 15) is 0 Å². The van der Waals surface area contributed by atoms with Crippen molar-refractivity contribution in [3.05, 3.63) is 12.7 Å². The van der Waals surface area contributed by atoms with Crippen LogP contribution in [0.25, 0.3) is 0 Å². The molecule has 0 rings (SSSR count). The van der Waals surface area contributed by atoms with Crippen molar-refractivity contribution in [3.8, 4) is 0 Å². The van der Waals surface area contributed by atoms with Crippen molar-refractivity contribution in [2.24, 2.45) is 0 Å². The summed E-state index contributed by atoms with van der Waals surface area (Å²) in [5, 5.41) is 0. The predicted molar refractivity (Wildman–Crippen MR) is 31.2 cm³/mol. The molecule has 0 aromatic rings. The normalized spacial score (nSPS) is 7.86. The Morgan fingerprint density at radius 3 is 2.00 bits per heavy atom. The van der Waals surface area contributed by atoms with Gasteiger partial charge in [-0.25, -0.2) is 0 Å². The van der Waals surface area contributed by atoms with Crippen LogP contribution in [-0.2, 0) is 32.7 Å². The fraction of sp³-hybridized carbons (Fsp3) is 0.600. The van der Waals surface area contributed by atoms with Crippen LogP contribution in [-0.4, -0.2) is 8.80 Å². The van der Waals surface area contributed by atoms with Crippen molar-refractivity contribution in [1.29, 1.82) is 0 Å². The monoisotopic (exact) mass is 187 g/mol. The maximum atomic E-state index is 3.50. The van der Waals surface area contributed by atoms with Gasteiger partial charge in [0.15, 0.2) is 0 Å². The molecule has 0 heterocycles. The largest absolute Gasteiger partial charge is 0.507 e. The van der Waals surface area contributed by atoms with Gasteiger partial charge in [-0.05, 0) is 0 Å². The fourth-order valence-electron chi connectivity index (χ4n) is 0.250. The van der Waals surface area contributed by atoms with Gasteiger partial charge in [0, 0.05) is 41.5 Å². The van der Waals surface area contributed by atoms with Crippen LogP contribution in [0, 0.1) is 6.08 Å². The number of rotatable bonds is 2. The van der Waals surface area contributed by atoms with Crippen LogP contribution in [0.1, 0.15) is 0 Å². The molecule has 0 fully saturated rings. The van der Waals surface area contributed by atoms with E-state index in [-0.39, 0.29) is 41.5 Å². The van der Waals surface area contributed by atoms with E-state index in [0.717, 1.165) is 6.04 Å². The molecule has 0 spiro atoms. The molecule has 0 aliphatic heterocycles. The van der Waals surface area contributed by atoms with Crippen LogP contribution in [0.2, 0.25) is 19.1 Å². The number of allylic oxidation sites excluding steroid dienone is 1. The number of hydrogen-bond donors (Lipinski definition) is 0. The van der Waals surface area contributed by atoms with Crippen LogP contribution >= 0.6 is 0 Å². The molecule has 0 aliphatic rings. The second-order valence-corrected chi connectivity index (χ2v) is 4.40. The zero-order chi connectivity index (χ0) is 4.99. The van der Waals surface area contributed by atoms with Gasteiger partial charge in [0.2, 0.25) is 0 Å². The zero-order valence-electron chi connectivity index (χ0n) is 4.99.